The van der Waals surface area contributed by atoms with Gasteiger partial charge in [0.05, 0.1) is 12.5 Å². The highest BCUT2D eigenvalue weighted by atomic mass is 35.5. The van der Waals surface area contributed by atoms with Gasteiger partial charge in [-0.2, -0.15) is 0 Å². The second-order valence-corrected chi connectivity index (χ2v) is 4.66. The molecule has 2 N–H and O–H groups in total. The van der Waals surface area contributed by atoms with Crippen molar-refractivity contribution < 1.29 is 19.4 Å². The van der Waals surface area contributed by atoms with E-state index in [1.54, 1.807) is 6.07 Å². The molecule has 1 heterocycles. The molecule has 102 valence electrons. The number of hydrogen-bond acceptors (Lipinski definition) is 5. The molecular formula is C14H9ClO5. The molecule has 2 aromatic carbocycles. The van der Waals surface area contributed by atoms with E-state index in [9.17, 15) is 15.0 Å². The fraction of sp³-hybridized carbons (Fsp3) is 0.0714. The average molecular weight is 293 g/mol. The van der Waals surface area contributed by atoms with Crippen molar-refractivity contribution in [3.05, 3.63) is 39.5 Å². The lowest BCUT2D eigenvalue weighted by Crippen LogP contribution is -2.03. The van der Waals surface area contributed by atoms with Crippen molar-refractivity contribution in [2.24, 2.45) is 0 Å². The second kappa shape index (κ2) is 4.31. The van der Waals surface area contributed by atoms with Crippen LogP contribution in [0.25, 0.3) is 21.9 Å². The number of fused-ring (bicyclic) bond motifs is 2. The second-order valence-electron chi connectivity index (χ2n) is 4.22. The summed E-state index contributed by atoms with van der Waals surface area (Å²) in [6, 6.07) is 5.69. The molecule has 0 spiro atoms. The molecule has 3 rings (SSSR count). The number of halogens is 1. The Labute approximate surface area is 117 Å². The molecule has 0 aliphatic rings. The number of aromatic hydroxyl groups is 2. The van der Waals surface area contributed by atoms with Crippen LogP contribution in [-0.4, -0.2) is 17.3 Å². The summed E-state index contributed by atoms with van der Waals surface area (Å²) >= 11 is 5.85. The van der Waals surface area contributed by atoms with Crippen molar-refractivity contribution in [3.63, 3.8) is 0 Å². The van der Waals surface area contributed by atoms with E-state index in [0.29, 0.717) is 5.02 Å². The fourth-order valence-corrected chi connectivity index (χ4v) is 2.27. The Balaban J connectivity index is 2.59. The van der Waals surface area contributed by atoms with Gasteiger partial charge in [-0.3, -0.25) is 4.79 Å². The third kappa shape index (κ3) is 1.67. The summed E-state index contributed by atoms with van der Waals surface area (Å²) in [6.45, 7) is 0. The van der Waals surface area contributed by atoms with E-state index in [0.717, 1.165) is 6.07 Å². The van der Waals surface area contributed by atoms with Crippen molar-refractivity contribution in [2.75, 3.05) is 7.11 Å². The number of benzene rings is 2. The van der Waals surface area contributed by atoms with Crippen LogP contribution in [0.15, 0.2) is 33.5 Å². The van der Waals surface area contributed by atoms with Gasteiger partial charge in [-0.15, -0.1) is 0 Å². The minimum Gasteiger partial charge on any atom is -0.507 e. The van der Waals surface area contributed by atoms with Gasteiger partial charge < -0.3 is 19.4 Å². The Morgan fingerprint density at radius 2 is 2.00 bits per heavy atom. The quantitative estimate of drug-likeness (QED) is 0.532. The minimum absolute atomic E-state index is 0.0199. The van der Waals surface area contributed by atoms with Gasteiger partial charge in [0.1, 0.15) is 16.7 Å². The zero-order chi connectivity index (χ0) is 14.4. The summed E-state index contributed by atoms with van der Waals surface area (Å²) in [5.41, 5.74) is -0.337. The third-order valence-electron chi connectivity index (χ3n) is 3.04. The number of phenols is 2. The van der Waals surface area contributed by atoms with E-state index in [-0.39, 0.29) is 39.2 Å². The molecule has 0 aliphatic heterocycles. The maximum Gasteiger partial charge on any atom is 0.204 e. The van der Waals surface area contributed by atoms with Crippen molar-refractivity contribution >= 4 is 33.5 Å². The van der Waals surface area contributed by atoms with Gasteiger partial charge in [0, 0.05) is 11.1 Å². The lowest BCUT2D eigenvalue weighted by molar-refractivity contribution is 0.368. The Kier molecular flexibility index (Phi) is 2.72. The SMILES string of the molecule is COc1cc(O)c2c(=O)c3cc(Cl)ccc3oc2c1O. The first kappa shape index (κ1) is 12.6. The largest absolute Gasteiger partial charge is 0.507 e. The van der Waals surface area contributed by atoms with Gasteiger partial charge in [-0.1, -0.05) is 11.6 Å². The number of ether oxygens (including phenoxy) is 1. The molecule has 0 fully saturated rings. The van der Waals surface area contributed by atoms with Gasteiger partial charge in [-0.05, 0) is 18.2 Å². The van der Waals surface area contributed by atoms with Crippen LogP contribution in [-0.2, 0) is 0 Å². The molecule has 0 saturated carbocycles. The molecule has 0 unspecified atom stereocenters. The number of methoxy groups -OCH3 is 1. The van der Waals surface area contributed by atoms with Crippen LogP contribution in [0.5, 0.6) is 17.2 Å². The first-order valence-electron chi connectivity index (χ1n) is 5.68. The molecule has 1 aromatic heterocycles. The molecule has 0 atom stereocenters. The van der Waals surface area contributed by atoms with E-state index >= 15 is 0 Å². The van der Waals surface area contributed by atoms with Crippen molar-refractivity contribution in [2.45, 2.75) is 0 Å². The molecule has 0 radical (unpaired) electrons. The van der Waals surface area contributed by atoms with Crippen LogP contribution in [0.1, 0.15) is 0 Å². The molecule has 20 heavy (non-hydrogen) atoms. The topological polar surface area (TPSA) is 79.9 Å². The highest BCUT2D eigenvalue weighted by Crippen LogP contribution is 2.39. The zero-order valence-electron chi connectivity index (χ0n) is 10.3. The zero-order valence-corrected chi connectivity index (χ0v) is 11.1. The van der Waals surface area contributed by atoms with E-state index in [1.165, 1.54) is 19.2 Å². The van der Waals surface area contributed by atoms with E-state index in [1.807, 2.05) is 0 Å². The highest BCUT2D eigenvalue weighted by Gasteiger charge is 2.19. The summed E-state index contributed by atoms with van der Waals surface area (Å²) in [6.07, 6.45) is 0. The number of hydrogen-bond donors (Lipinski definition) is 2. The molecule has 0 amide bonds. The molecular weight excluding hydrogens is 284 g/mol. The van der Waals surface area contributed by atoms with E-state index < -0.39 is 5.43 Å². The predicted octanol–water partition coefficient (Wildman–Crippen LogP) is 3.02. The Bertz CT molecular complexity index is 898. The van der Waals surface area contributed by atoms with Crippen molar-refractivity contribution in [3.8, 4) is 17.2 Å². The van der Waals surface area contributed by atoms with Gasteiger partial charge in [0.25, 0.3) is 0 Å². The van der Waals surface area contributed by atoms with Gasteiger partial charge in [0.15, 0.2) is 11.3 Å². The van der Waals surface area contributed by atoms with Crippen LogP contribution < -0.4 is 10.2 Å². The van der Waals surface area contributed by atoms with Gasteiger partial charge in [0.2, 0.25) is 11.2 Å². The van der Waals surface area contributed by atoms with E-state index in [4.69, 9.17) is 20.8 Å². The molecule has 0 bridgehead atoms. The summed E-state index contributed by atoms with van der Waals surface area (Å²) in [7, 11) is 1.33. The molecule has 0 aliphatic carbocycles. The molecule has 5 nitrogen and oxygen atoms in total. The maximum atomic E-state index is 12.4. The smallest absolute Gasteiger partial charge is 0.204 e. The molecule has 3 aromatic rings. The number of phenolic OH excluding ortho intramolecular Hbond substituents is 2. The van der Waals surface area contributed by atoms with E-state index in [2.05, 4.69) is 0 Å². The normalized spacial score (nSPS) is 11.1. The minimum atomic E-state index is -0.473. The Morgan fingerprint density at radius 1 is 1.25 bits per heavy atom. The first-order valence-corrected chi connectivity index (χ1v) is 6.05. The van der Waals surface area contributed by atoms with Crippen LogP contribution in [0, 0.1) is 0 Å². The summed E-state index contributed by atoms with van der Waals surface area (Å²) in [5, 5.41) is 20.4. The average Bonchev–Trinajstić information content (AvgIpc) is 2.43. The van der Waals surface area contributed by atoms with Crippen molar-refractivity contribution in [1.82, 2.24) is 0 Å². The van der Waals surface area contributed by atoms with Crippen LogP contribution in [0.2, 0.25) is 5.02 Å². The highest BCUT2D eigenvalue weighted by molar-refractivity contribution is 6.31. The molecule has 0 saturated heterocycles. The van der Waals surface area contributed by atoms with Crippen LogP contribution in [0.3, 0.4) is 0 Å². The maximum absolute atomic E-state index is 12.4. The molecule has 6 heteroatoms. The van der Waals surface area contributed by atoms with Gasteiger partial charge >= 0.3 is 0 Å². The van der Waals surface area contributed by atoms with Crippen LogP contribution >= 0.6 is 11.6 Å². The van der Waals surface area contributed by atoms with Crippen LogP contribution in [0.4, 0.5) is 0 Å². The first-order chi connectivity index (χ1) is 9.52. The lowest BCUT2D eigenvalue weighted by Gasteiger charge is -2.08. The summed E-state index contributed by atoms with van der Waals surface area (Å²) in [4.78, 5) is 12.4. The lowest BCUT2D eigenvalue weighted by atomic mass is 10.1. The predicted molar refractivity (Wildman–Crippen MR) is 74.9 cm³/mol. The Hall–Kier alpha value is -2.40. The number of rotatable bonds is 1. The Morgan fingerprint density at radius 3 is 2.70 bits per heavy atom. The summed E-state index contributed by atoms with van der Waals surface area (Å²) < 4.78 is 10.4. The monoisotopic (exact) mass is 292 g/mol. The fourth-order valence-electron chi connectivity index (χ4n) is 2.10. The third-order valence-corrected chi connectivity index (χ3v) is 3.28. The van der Waals surface area contributed by atoms with Crippen molar-refractivity contribution in [1.29, 1.82) is 0 Å². The summed E-state index contributed by atoms with van der Waals surface area (Å²) in [5.74, 6) is -0.647. The standard InChI is InChI=1S/C14H9ClO5/c1-19-10-5-8(16)11-12(17)7-4-6(15)2-3-9(7)20-14(11)13(10)18/h2-5,16,18H,1H3. The van der Waals surface area contributed by atoms with Gasteiger partial charge in [-0.25, -0.2) is 0 Å².